The Morgan fingerprint density at radius 3 is 2.64 bits per heavy atom. The zero-order chi connectivity index (χ0) is 10.7. The average Bonchev–Trinajstić information content (AvgIpc) is 2.17. The number of rotatable bonds is 3. The van der Waals surface area contributed by atoms with Crippen LogP contribution in [0.1, 0.15) is 10.4 Å². The number of nitro groups is 1. The maximum atomic E-state index is 10.9. The standard InChI is InChI=1S/C8H6N2O4/c9-6-2-1-5(8(12)4-11)3-7(6)10(13)14/h1-4H,9H2. The monoisotopic (exact) mass is 194 g/mol. The Morgan fingerprint density at radius 1 is 1.50 bits per heavy atom. The van der Waals surface area contributed by atoms with Crippen molar-refractivity contribution >= 4 is 23.4 Å². The molecule has 0 spiro atoms. The van der Waals surface area contributed by atoms with E-state index in [4.69, 9.17) is 5.73 Å². The molecule has 0 heterocycles. The van der Waals surface area contributed by atoms with E-state index in [0.29, 0.717) is 0 Å². The number of anilines is 1. The molecule has 0 atom stereocenters. The molecule has 2 N–H and O–H groups in total. The van der Waals surface area contributed by atoms with Gasteiger partial charge in [0.05, 0.1) is 4.92 Å². The fourth-order valence-corrected chi connectivity index (χ4v) is 0.923. The molecule has 0 bridgehead atoms. The zero-order valence-electron chi connectivity index (χ0n) is 6.97. The molecule has 0 radical (unpaired) electrons. The van der Waals surface area contributed by atoms with E-state index >= 15 is 0 Å². The zero-order valence-corrected chi connectivity index (χ0v) is 6.97. The number of nitrogens with two attached hydrogens (primary N) is 1. The summed E-state index contributed by atoms with van der Waals surface area (Å²) in [5.74, 6) is -0.812. The normalized spacial score (nSPS) is 9.43. The Hall–Kier alpha value is -2.24. The van der Waals surface area contributed by atoms with Gasteiger partial charge < -0.3 is 5.73 Å². The van der Waals surface area contributed by atoms with Crippen LogP contribution >= 0.6 is 0 Å². The summed E-state index contributed by atoms with van der Waals surface area (Å²) < 4.78 is 0. The summed E-state index contributed by atoms with van der Waals surface area (Å²) in [4.78, 5) is 30.7. The molecule has 0 fully saturated rings. The maximum absolute atomic E-state index is 10.9. The molecule has 6 heteroatoms. The number of aldehydes is 1. The van der Waals surface area contributed by atoms with Crippen LogP contribution in [0.2, 0.25) is 0 Å². The lowest BCUT2D eigenvalue weighted by molar-refractivity contribution is -0.383. The lowest BCUT2D eigenvalue weighted by Gasteiger charge is -1.98. The van der Waals surface area contributed by atoms with Crippen molar-refractivity contribution in [3.8, 4) is 0 Å². The van der Waals surface area contributed by atoms with Gasteiger partial charge in [-0.15, -0.1) is 0 Å². The Balaban J connectivity index is 3.25. The Labute approximate surface area is 78.5 Å². The van der Waals surface area contributed by atoms with Crippen molar-refractivity contribution in [3.05, 3.63) is 33.9 Å². The van der Waals surface area contributed by atoms with Gasteiger partial charge in [-0.3, -0.25) is 19.7 Å². The minimum atomic E-state index is -0.812. The van der Waals surface area contributed by atoms with Crippen molar-refractivity contribution in [2.45, 2.75) is 0 Å². The molecule has 0 saturated heterocycles. The van der Waals surface area contributed by atoms with Crippen LogP contribution in [0.25, 0.3) is 0 Å². The molecule has 0 amide bonds. The minimum absolute atomic E-state index is 0.0408. The molecule has 0 aliphatic heterocycles. The van der Waals surface area contributed by atoms with Gasteiger partial charge in [0, 0.05) is 11.6 Å². The van der Waals surface area contributed by atoms with E-state index in [-0.39, 0.29) is 23.2 Å². The lowest BCUT2D eigenvalue weighted by atomic mass is 10.1. The first-order valence-corrected chi connectivity index (χ1v) is 3.59. The van der Waals surface area contributed by atoms with E-state index in [2.05, 4.69) is 0 Å². The van der Waals surface area contributed by atoms with Gasteiger partial charge in [0.2, 0.25) is 5.78 Å². The molecular formula is C8H6N2O4. The molecule has 14 heavy (non-hydrogen) atoms. The topological polar surface area (TPSA) is 103 Å². The molecule has 0 aliphatic rings. The highest BCUT2D eigenvalue weighted by Gasteiger charge is 2.14. The van der Waals surface area contributed by atoms with E-state index in [1.807, 2.05) is 0 Å². The molecule has 72 valence electrons. The maximum Gasteiger partial charge on any atom is 0.292 e. The first-order valence-electron chi connectivity index (χ1n) is 3.59. The summed E-state index contributed by atoms with van der Waals surface area (Å²) in [5, 5.41) is 10.4. The van der Waals surface area contributed by atoms with Gasteiger partial charge in [-0.25, -0.2) is 0 Å². The smallest absolute Gasteiger partial charge is 0.292 e. The van der Waals surface area contributed by atoms with E-state index in [1.54, 1.807) is 0 Å². The Bertz CT molecular complexity index is 414. The van der Waals surface area contributed by atoms with Gasteiger partial charge in [0.15, 0.2) is 6.29 Å². The van der Waals surface area contributed by atoms with E-state index in [9.17, 15) is 19.7 Å². The number of benzene rings is 1. The van der Waals surface area contributed by atoms with Crippen LogP contribution in [-0.2, 0) is 4.79 Å². The highest BCUT2D eigenvalue weighted by Crippen LogP contribution is 2.22. The van der Waals surface area contributed by atoms with Gasteiger partial charge in [0.25, 0.3) is 5.69 Å². The van der Waals surface area contributed by atoms with Gasteiger partial charge in [-0.2, -0.15) is 0 Å². The number of hydrogen-bond acceptors (Lipinski definition) is 5. The van der Waals surface area contributed by atoms with Crippen molar-refractivity contribution in [2.75, 3.05) is 5.73 Å². The van der Waals surface area contributed by atoms with Crippen LogP contribution < -0.4 is 5.73 Å². The van der Waals surface area contributed by atoms with E-state index in [0.717, 1.165) is 6.07 Å². The van der Waals surface area contributed by atoms with Gasteiger partial charge >= 0.3 is 0 Å². The second-order valence-electron chi connectivity index (χ2n) is 2.51. The highest BCUT2D eigenvalue weighted by atomic mass is 16.6. The van der Waals surface area contributed by atoms with Crippen molar-refractivity contribution in [1.82, 2.24) is 0 Å². The van der Waals surface area contributed by atoms with Crippen LogP contribution in [0, 0.1) is 10.1 Å². The van der Waals surface area contributed by atoms with Crippen molar-refractivity contribution in [2.24, 2.45) is 0 Å². The van der Waals surface area contributed by atoms with Crippen molar-refractivity contribution in [3.63, 3.8) is 0 Å². The van der Waals surface area contributed by atoms with Crippen LogP contribution in [0.3, 0.4) is 0 Å². The number of carbonyl (C=O) groups excluding carboxylic acids is 2. The van der Waals surface area contributed by atoms with Crippen LogP contribution in [0.4, 0.5) is 11.4 Å². The predicted octanol–water partition coefficient (Wildman–Crippen LogP) is 0.559. The van der Waals surface area contributed by atoms with Crippen LogP contribution in [0.15, 0.2) is 18.2 Å². The summed E-state index contributed by atoms with van der Waals surface area (Å²) in [6.07, 6.45) is 0.0925. The summed E-state index contributed by atoms with van der Waals surface area (Å²) in [6, 6.07) is 3.46. The van der Waals surface area contributed by atoms with Gasteiger partial charge in [-0.1, -0.05) is 0 Å². The highest BCUT2D eigenvalue weighted by molar-refractivity contribution is 6.33. The molecule has 1 aromatic rings. The number of ketones is 1. The first-order chi connectivity index (χ1) is 6.56. The minimum Gasteiger partial charge on any atom is -0.393 e. The van der Waals surface area contributed by atoms with Gasteiger partial charge in [-0.05, 0) is 12.1 Å². The molecule has 0 unspecified atom stereocenters. The van der Waals surface area contributed by atoms with Crippen molar-refractivity contribution in [1.29, 1.82) is 0 Å². The molecule has 1 aromatic carbocycles. The third-order valence-electron chi connectivity index (χ3n) is 1.62. The molecular weight excluding hydrogens is 188 g/mol. The van der Waals surface area contributed by atoms with E-state index in [1.165, 1.54) is 12.1 Å². The number of nitro benzene ring substituents is 1. The summed E-state index contributed by atoms with van der Waals surface area (Å²) >= 11 is 0. The third-order valence-corrected chi connectivity index (χ3v) is 1.62. The largest absolute Gasteiger partial charge is 0.393 e. The quantitative estimate of drug-likeness (QED) is 0.189. The fourth-order valence-electron chi connectivity index (χ4n) is 0.923. The third kappa shape index (κ3) is 1.74. The summed E-state index contributed by atoms with van der Waals surface area (Å²) in [7, 11) is 0. The second kappa shape index (κ2) is 3.65. The van der Waals surface area contributed by atoms with Crippen LogP contribution in [-0.4, -0.2) is 17.0 Å². The lowest BCUT2D eigenvalue weighted by Crippen LogP contribution is -2.02. The first kappa shape index (κ1) is 9.85. The fraction of sp³-hybridized carbons (Fsp3) is 0. The number of nitrogens with zero attached hydrogens (tertiary/aromatic N) is 1. The number of carbonyl (C=O) groups is 2. The Morgan fingerprint density at radius 2 is 2.14 bits per heavy atom. The molecule has 0 saturated carbocycles. The number of Topliss-reactive ketones (excluding diaryl/α,β-unsaturated/α-hetero) is 1. The number of hydrogen-bond donors (Lipinski definition) is 1. The summed E-state index contributed by atoms with van der Waals surface area (Å²) in [6.45, 7) is 0. The molecule has 0 aliphatic carbocycles. The van der Waals surface area contributed by atoms with Gasteiger partial charge in [0.1, 0.15) is 5.69 Å². The SMILES string of the molecule is Nc1ccc(C(=O)C=O)cc1[N+](=O)[O-]. The summed E-state index contributed by atoms with van der Waals surface area (Å²) in [5.41, 5.74) is 4.83. The van der Waals surface area contributed by atoms with Crippen LogP contribution in [0.5, 0.6) is 0 Å². The van der Waals surface area contributed by atoms with E-state index < -0.39 is 10.7 Å². The van der Waals surface area contributed by atoms with Crippen molar-refractivity contribution < 1.29 is 14.5 Å². The average molecular weight is 194 g/mol. The Kier molecular flexibility index (Phi) is 2.57. The molecule has 6 nitrogen and oxygen atoms in total. The predicted molar refractivity (Wildman–Crippen MR) is 47.9 cm³/mol. The molecule has 0 aromatic heterocycles. The molecule has 1 rings (SSSR count). The number of nitrogen functional groups attached to an aromatic ring is 1. The second-order valence-corrected chi connectivity index (χ2v) is 2.51.